The van der Waals surface area contributed by atoms with E-state index in [4.69, 9.17) is 9.84 Å². The summed E-state index contributed by atoms with van der Waals surface area (Å²) in [5, 5.41) is 12.2. The number of aromatic carboxylic acids is 1. The molecular weight excluding hydrogens is 312 g/mol. The van der Waals surface area contributed by atoms with Gasteiger partial charge in [0.1, 0.15) is 0 Å². The van der Waals surface area contributed by atoms with Crippen molar-refractivity contribution in [2.45, 2.75) is 6.10 Å². The highest BCUT2D eigenvalue weighted by Crippen LogP contribution is 2.24. The van der Waals surface area contributed by atoms with E-state index in [0.717, 1.165) is 29.9 Å². The smallest absolute Gasteiger partial charge is 0.335 e. The summed E-state index contributed by atoms with van der Waals surface area (Å²) < 4.78 is 6.41. The summed E-state index contributed by atoms with van der Waals surface area (Å²) >= 11 is 3.38. The normalized spacial score (nSPS) is 20.2. The fourth-order valence-electron chi connectivity index (χ4n) is 2.01. The number of rotatable bonds is 4. The molecule has 2 rings (SSSR count). The second-order valence-corrected chi connectivity index (χ2v) is 5.49. The maximum Gasteiger partial charge on any atom is 0.335 e. The van der Waals surface area contributed by atoms with Gasteiger partial charge in [-0.2, -0.15) is 0 Å². The molecule has 0 aliphatic carbocycles. The Kier molecular flexibility index (Phi) is 4.79. The van der Waals surface area contributed by atoms with Crippen LogP contribution >= 0.6 is 15.9 Å². The number of hydrogen-bond donors (Lipinski definition) is 2. The van der Waals surface area contributed by atoms with Gasteiger partial charge in [-0.05, 0) is 41.2 Å². The summed E-state index contributed by atoms with van der Waals surface area (Å²) in [5.41, 5.74) is 1.15. The van der Waals surface area contributed by atoms with Crippen molar-refractivity contribution < 1.29 is 14.6 Å². The average Bonchev–Trinajstić information content (AvgIpc) is 2.37. The summed E-state index contributed by atoms with van der Waals surface area (Å²) in [6.07, 6.45) is 0.157. The third-order valence-corrected chi connectivity index (χ3v) is 3.73. The van der Waals surface area contributed by atoms with Crippen LogP contribution in [0, 0.1) is 0 Å². The summed E-state index contributed by atoms with van der Waals surface area (Å²) in [6.45, 7) is 3.32. The van der Waals surface area contributed by atoms with Gasteiger partial charge in [0.2, 0.25) is 0 Å². The molecule has 1 heterocycles. The average molecular weight is 329 g/mol. The Morgan fingerprint density at radius 2 is 2.42 bits per heavy atom. The lowest BCUT2D eigenvalue weighted by Crippen LogP contribution is -2.43. The zero-order chi connectivity index (χ0) is 13.8. The van der Waals surface area contributed by atoms with Crippen molar-refractivity contribution in [2.24, 2.45) is 0 Å². The number of carboxylic acid groups (broad SMARTS) is 1. The van der Waals surface area contributed by atoms with Crippen molar-refractivity contribution >= 4 is 27.6 Å². The van der Waals surface area contributed by atoms with Gasteiger partial charge < -0.3 is 20.1 Å². The molecule has 6 heteroatoms. The number of hydrogen-bond acceptors (Lipinski definition) is 4. The lowest BCUT2D eigenvalue weighted by molar-refractivity contribution is -0.0117. The molecule has 1 aromatic rings. The van der Waals surface area contributed by atoms with E-state index in [1.165, 1.54) is 0 Å². The third kappa shape index (κ3) is 3.92. The van der Waals surface area contributed by atoms with Crippen LogP contribution in [0.3, 0.4) is 0 Å². The number of likely N-dealkylation sites (N-methyl/N-ethyl adjacent to an activating group) is 1. The molecule has 1 fully saturated rings. The minimum Gasteiger partial charge on any atom is -0.478 e. The molecule has 0 aromatic heterocycles. The first-order valence-corrected chi connectivity index (χ1v) is 6.92. The van der Waals surface area contributed by atoms with E-state index in [2.05, 4.69) is 33.2 Å². The van der Waals surface area contributed by atoms with E-state index >= 15 is 0 Å². The van der Waals surface area contributed by atoms with Crippen molar-refractivity contribution in [3.05, 3.63) is 28.2 Å². The van der Waals surface area contributed by atoms with Crippen molar-refractivity contribution in [2.75, 3.05) is 38.6 Å². The predicted octanol–water partition coefficient (Wildman–Crippen LogP) is 1.89. The summed E-state index contributed by atoms with van der Waals surface area (Å²) in [6, 6.07) is 4.95. The van der Waals surface area contributed by atoms with E-state index in [1.807, 2.05) is 0 Å². The molecule has 0 spiro atoms. The van der Waals surface area contributed by atoms with Crippen LogP contribution < -0.4 is 5.32 Å². The Hall–Kier alpha value is -1.11. The lowest BCUT2D eigenvalue weighted by Gasteiger charge is -2.30. The zero-order valence-corrected chi connectivity index (χ0v) is 12.3. The quantitative estimate of drug-likeness (QED) is 0.883. The van der Waals surface area contributed by atoms with Crippen LogP contribution in [0.4, 0.5) is 5.69 Å². The van der Waals surface area contributed by atoms with Gasteiger partial charge in [-0.3, -0.25) is 0 Å². The van der Waals surface area contributed by atoms with E-state index in [0.29, 0.717) is 6.54 Å². The van der Waals surface area contributed by atoms with Crippen LogP contribution in [0.1, 0.15) is 10.4 Å². The molecule has 104 valence electrons. The minimum atomic E-state index is -0.926. The van der Waals surface area contributed by atoms with Crippen molar-refractivity contribution in [1.82, 2.24) is 4.90 Å². The Bertz CT molecular complexity index is 467. The maximum absolute atomic E-state index is 10.8. The van der Waals surface area contributed by atoms with Crippen molar-refractivity contribution in [1.29, 1.82) is 0 Å². The molecule has 19 heavy (non-hydrogen) atoms. The van der Waals surface area contributed by atoms with Crippen LogP contribution in [0.15, 0.2) is 22.7 Å². The number of nitrogens with one attached hydrogen (secondary N) is 1. The van der Waals surface area contributed by atoms with Crippen LogP contribution in [0.25, 0.3) is 0 Å². The second-order valence-electron chi connectivity index (χ2n) is 4.64. The largest absolute Gasteiger partial charge is 0.478 e. The molecule has 2 N–H and O–H groups in total. The van der Waals surface area contributed by atoms with Gasteiger partial charge in [0.25, 0.3) is 0 Å². The van der Waals surface area contributed by atoms with Gasteiger partial charge in [-0.1, -0.05) is 0 Å². The van der Waals surface area contributed by atoms with Gasteiger partial charge >= 0.3 is 5.97 Å². The summed E-state index contributed by atoms with van der Waals surface area (Å²) in [7, 11) is 2.08. The first kappa shape index (κ1) is 14.3. The Morgan fingerprint density at radius 3 is 3.05 bits per heavy atom. The number of carbonyl (C=O) groups is 1. The molecule has 1 unspecified atom stereocenters. The van der Waals surface area contributed by atoms with E-state index < -0.39 is 5.97 Å². The van der Waals surface area contributed by atoms with Gasteiger partial charge in [0.05, 0.1) is 18.3 Å². The molecule has 5 nitrogen and oxygen atoms in total. The fraction of sp³-hybridized carbons (Fsp3) is 0.462. The van der Waals surface area contributed by atoms with Crippen LogP contribution in [-0.4, -0.2) is 55.4 Å². The second kappa shape index (κ2) is 6.36. The summed E-state index contributed by atoms with van der Waals surface area (Å²) in [4.78, 5) is 13.1. The van der Waals surface area contributed by atoms with Gasteiger partial charge in [0, 0.05) is 29.8 Å². The molecule has 1 saturated heterocycles. The zero-order valence-electron chi connectivity index (χ0n) is 10.7. The van der Waals surface area contributed by atoms with Crippen LogP contribution in [0.2, 0.25) is 0 Å². The van der Waals surface area contributed by atoms with E-state index in [-0.39, 0.29) is 11.7 Å². The number of carboxylic acids is 1. The molecule has 0 amide bonds. The van der Waals surface area contributed by atoms with E-state index in [1.54, 1.807) is 18.2 Å². The highest BCUT2D eigenvalue weighted by atomic mass is 79.9. The molecule has 1 aliphatic heterocycles. The molecule has 0 radical (unpaired) electrons. The fourth-order valence-corrected chi connectivity index (χ4v) is 2.52. The minimum absolute atomic E-state index is 0.157. The van der Waals surface area contributed by atoms with Gasteiger partial charge in [0.15, 0.2) is 0 Å². The van der Waals surface area contributed by atoms with Gasteiger partial charge in [-0.25, -0.2) is 4.79 Å². The number of halogens is 1. The maximum atomic E-state index is 10.8. The van der Waals surface area contributed by atoms with Crippen molar-refractivity contribution in [3.8, 4) is 0 Å². The topological polar surface area (TPSA) is 61.8 Å². The number of ether oxygens (including phenoxy) is 1. The van der Waals surface area contributed by atoms with Crippen molar-refractivity contribution in [3.63, 3.8) is 0 Å². The standard InChI is InChI=1S/C13H17BrN2O3/c1-16-4-5-19-10(8-16)7-15-12-3-2-9(13(17)18)6-11(12)14/h2-3,6,10,15H,4-5,7-8H2,1H3,(H,17,18). The molecular formula is C13H17BrN2O3. The Labute approximate surface area is 120 Å². The first-order chi connectivity index (χ1) is 9.06. The monoisotopic (exact) mass is 328 g/mol. The molecule has 1 aromatic carbocycles. The lowest BCUT2D eigenvalue weighted by atomic mass is 10.2. The third-order valence-electron chi connectivity index (χ3n) is 3.08. The number of morpholine rings is 1. The predicted molar refractivity (Wildman–Crippen MR) is 76.8 cm³/mol. The molecule has 1 atom stereocenters. The van der Waals surface area contributed by atoms with Crippen LogP contribution in [0.5, 0.6) is 0 Å². The van der Waals surface area contributed by atoms with Gasteiger partial charge in [-0.15, -0.1) is 0 Å². The Morgan fingerprint density at radius 1 is 1.63 bits per heavy atom. The first-order valence-electron chi connectivity index (χ1n) is 6.13. The SMILES string of the molecule is CN1CCOC(CNc2ccc(C(=O)O)cc2Br)C1. The molecule has 0 saturated carbocycles. The molecule has 1 aliphatic rings. The molecule has 0 bridgehead atoms. The van der Waals surface area contributed by atoms with Crippen LogP contribution in [-0.2, 0) is 4.74 Å². The Balaban J connectivity index is 1.94. The number of benzene rings is 1. The number of nitrogens with zero attached hydrogens (tertiary/aromatic N) is 1. The number of anilines is 1. The van der Waals surface area contributed by atoms with E-state index in [9.17, 15) is 4.79 Å². The summed E-state index contributed by atoms with van der Waals surface area (Å²) in [5.74, 6) is -0.926. The highest BCUT2D eigenvalue weighted by molar-refractivity contribution is 9.10. The highest BCUT2D eigenvalue weighted by Gasteiger charge is 2.17.